The van der Waals surface area contributed by atoms with E-state index in [0.717, 1.165) is 0 Å². The van der Waals surface area contributed by atoms with E-state index in [2.05, 4.69) is 9.84 Å². The van der Waals surface area contributed by atoms with Crippen LogP contribution in [0.25, 0.3) is 0 Å². The van der Waals surface area contributed by atoms with Gasteiger partial charge in [0.1, 0.15) is 5.30 Å². The fraction of sp³-hybridized carbons (Fsp3) is 0.692. The van der Waals surface area contributed by atoms with Crippen LogP contribution in [0.2, 0.25) is 0 Å². The van der Waals surface area contributed by atoms with Crippen molar-refractivity contribution in [2.45, 2.75) is 53.0 Å². The van der Waals surface area contributed by atoms with Crippen LogP contribution in [0.15, 0.2) is 0 Å². The minimum atomic E-state index is -4.94. The van der Waals surface area contributed by atoms with E-state index in [9.17, 15) is 22.5 Å². The lowest BCUT2D eigenvalue weighted by molar-refractivity contribution is -0.140. The van der Waals surface area contributed by atoms with Crippen LogP contribution in [0.5, 0.6) is 0 Å². The molecule has 7 nitrogen and oxygen atoms in total. The second kappa shape index (κ2) is 7.67. The number of carbonyl (C=O) groups is 1. The molecule has 0 atom stereocenters. The number of nitrogens with one attached hydrogen (secondary N) is 1. The van der Waals surface area contributed by atoms with Crippen LogP contribution >= 0.6 is 7.60 Å². The van der Waals surface area contributed by atoms with Gasteiger partial charge in [-0.3, -0.25) is 9.66 Å². The molecule has 0 fully saturated rings. The van der Waals surface area contributed by atoms with Crippen LogP contribution in [-0.4, -0.2) is 35.0 Å². The van der Waals surface area contributed by atoms with Gasteiger partial charge in [0.2, 0.25) is 0 Å². The molecule has 0 radical (unpaired) electrons. The first-order valence-electron chi connectivity index (χ1n) is 7.22. The molecule has 11 heteroatoms. The van der Waals surface area contributed by atoms with Gasteiger partial charge in [0, 0.05) is 0 Å². The summed E-state index contributed by atoms with van der Waals surface area (Å²) >= 11 is 0. The van der Waals surface area contributed by atoms with E-state index in [-0.39, 0.29) is 6.61 Å². The van der Waals surface area contributed by atoms with E-state index in [1.165, 1.54) is 34.6 Å². The largest absolute Gasteiger partial charge is 0.461 e. The van der Waals surface area contributed by atoms with E-state index >= 15 is 0 Å². The molecule has 1 aromatic heterocycles. The Labute approximate surface area is 137 Å². The first-order valence-corrected chi connectivity index (χ1v) is 8.76. The SMILES string of the molecule is CCOC(=O)c1n[nH]c(C(F)(F)F)c1P(=O)(OC(C)C)OC(C)C. The van der Waals surface area contributed by atoms with Gasteiger partial charge >= 0.3 is 19.7 Å². The van der Waals surface area contributed by atoms with Crippen molar-refractivity contribution in [2.24, 2.45) is 0 Å². The number of aromatic amines is 1. The summed E-state index contributed by atoms with van der Waals surface area (Å²) in [6, 6.07) is 0. The topological polar surface area (TPSA) is 90.5 Å². The zero-order chi connectivity index (χ0) is 18.7. The van der Waals surface area contributed by atoms with Crippen molar-refractivity contribution in [3.63, 3.8) is 0 Å². The maximum absolute atomic E-state index is 13.3. The number of hydrogen-bond acceptors (Lipinski definition) is 6. The summed E-state index contributed by atoms with van der Waals surface area (Å²) in [6.45, 7) is 7.31. The summed E-state index contributed by atoms with van der Waals surface area (Å²) in [6.07, 6.45) is -6.38. The van der Waals surface area contributed by atoms with E-state index in [1.54, 1.807) is 5.10 Å². The van der Waals surface area contributed by atoms with Gasteiger partial charge in [0.25, 0.3) is 0 Å². The number of nitrogens with zero attached hydrogens (tertiary/aromatic N) is 1. The molecule has 1 heterocycles. The van der Waals surface area contributed by atoms with Crippen LogP contribution < -0.4 is 5.30 Å². The lowest BCUT2D eigenvalue weighted by atomic mass is 10.3. The molecule has 0 amide bonds. The second-order valence-electron chi connectivity index (χ2n) is 5.32. The number of rotatable bonds is 7. The number of carbonyl (C=O) groups excluding carboxylic acids is 1. The van der Waals surface area contributed by atoms with E-state index < -0.39 is 48.6 Å². The number of halogens is 3. The van der Waals surface area contributed by atoms with Crippen LogP contribution in [0.3, 0.4) is 0 Å². The molecule has 0 aliphatic carbocycles. The summed E-state index contributed by atoms with van der Waals surface area (Å²) in [7, 11) is -4.50. The van der Waals surface area contributed by atoms with Crippen LogP contribution in [0.4, 0.5) is 13.2 Å². The Balaban J connectivity index is 3.62. The minimum Gasteiger partial charge on any atom is -0.461 e. The number of ether oxygens (including phenoxy) is 1. The lowest BCUT2D eigenvalue weighted by Crippen LogP contribution is -2.27. The smallest absolute Gasteiger partial charge is 0.433 e. The van der Waals surface area contributed by atoms with E-state index in [0.29, 0.717) is 0 Å². The van der Waals surface area contributed by atoms with Gasteiger partial charge in [-0.1, -0.05) is 0 Å². The molecule has 0 unspecified atom stereocenters. The monoisotopic (exact) mass is 372 g/mol. The standard InChI is InChI=1S/C13H20F3N2O5P/c1-6-21-12(19)9-10(11(18-17-9)13(14,15)16)24(20,22-7(2)3)23-8(4)5/h7-8H,6H2,1-5H3,(H,17,18). The molecule has 1 rings (SSSR count). The molecule has 0 saturated carbocycles. The van der Waals surface area contributed by atoms with Crippen molar-refractivity contribution in [3.8, 4) is 0 Å². The zero-order valence-electron chi connectivity index (χ0n) is 13.9. The van der Waals surface area contributed by atoms with Gasteiger partial charge in [0.15, 0.2) is 11.4 Å². The average Bonchev–Trinajstić information content (AvgIpc) is 2.81. The Bertz CT molecular complexity index is 614. The van der Waals surface area contributed by atoms with Gasteiger partial charge in [-0.15, -0.1) is 0 Å². The second-order valence-corrected chi connectivity index (χ2v) is 7.18. The molecule has 24 heavy (non-hydrogen) atoms. The molecule has 0 aliphatic heterocycles. The third-order valence-corrected chi connectivity index (χ3v) is 4.85. The number of hydrogen-bond donors (Lipinski definition) is 1. The first kappa shape index (κ1) is 20.7. The number of esters is 1. The Kier molecular flexibility index (Phi) is 6.60. The highest BCUT2D eigenvalue weighted by Gasteiger charge is 2.48. The first-order chi connectivity index (χ1) is 10.9. The number of alkyl halides is 3. The van der Waals surface area contributed by atoms with Crippen molar-refractivity contribution < 1.29 is 36.3 Å². The fourth-order valence-electron chi connectivity index (χ4n) is 1.83. The van der Waals surface area contributed by atoms with Gasteiger partial charge in [-0.25, -0.2) is 4.79 Å². The molecule has 1 aromatic rings. The van der Waals surface area contributed by atoms with Gasteiger partial charge in [-0.2, -0.15) is 18.3 Å². The maximum Gasteiger partial charge on any atom is 0.433 e. The van der Waals surface area contributed by atoms with Crippen LogP contribution in [-0.2, 0) is 24.5 Å². The predicted octanol–water partition coefficient (Wildman–Crippen LogP) is 3.27. The summed E-state index contributed by atoms with van der Waals surface area (Å²) in [5.74, 6) is -1.15. The van der Waals surface area contributed by atoms with Crippen LogP contribution in [0, 0.1) is 0 Å². The molecule has 0 saturated heterocycles. The van der Waals surface area contributed by atoms with Crippen molar-refractivity contribution in [3.05, 3.63) is 11.4 Å². The van der Waals surface area contributed by atoms with E-state index in [4.69, 9.17) is 9.05 Å². The maximum atomic E-state index is 13.3. The molecule has 0 spiro atoms. The summed E-state index contributed by atoms with van der Waals surface area (Å²) < 4.78 is 67.9. The van der Waals surface area contributed by atoms with Crippen LogP contribution in [0.1, 0.15) is 50.8 Å². The quantitative estimate of drug-likeness (QED) is 0.584. The summed E-state index contributed by atoms with van der Waals surface area (Å²) in [5, 5.41) is 4.07. The highest BCUT2D eigenvalue weighted by molar-refractivity contribution is 7.62. The summed E-state index contributed by atoms with van der Waals surface area (Å²) in [4.78, 5) is 11.9. The molecular weight excluding hydrogens is 352 g/mol. The highest BCUT2D eigenvalue weighted by Crippen LogP contribution is 2.52. The Hall–Kier alpha value is -1.38. The molecular formula is C13H20F3N2O5P. The molecule has 138 valence electrons. The highest BCUT2D eigenvalue weighted by atomic mass is 31.2. The van der Waals surface area contributed by atoms with Gasteiger partial charge in [0.05, 0.1) is 18.8 Å². The number of aromatic nitrogens is 2. The Morgan fingerprint density at radius 1 is 1.21 bits per heavy atom. The normalized spacial score (nSPS) is 12.9. The van der Waals surface area contributed by atoms with E-state index in [1.807, 2.05) is 0 Å². The number of H-pyrrole nitrogens is 1. The van der Waals surface area contributed by atoms with Gasteiger partial charge in [-0.05, 0) is 34.6 Å². The predicted molar refractivity (Wildman–Crippen MR) is 79.2 cm³/mol. The molecule has 0 bridgehead atoms. The summed E-state index contributed by atoms with van der Waals surface area (Å²) in [5.41, 5.74) is -2.23. The van der Waals surface area contributed by atoms with Crippen molar-refractivity contribution in [1.82, 2.24) is 10.2 Å². The molecule has 1 N–H and O–H groups in total. The Morgan fingerprint density at radius 3 is 2.08 bits per heavy atom. The molecule has 0 aliphatic rings. The average molecular weight is 372 g/mol. The van der Waals surface area contributed by atoms with Crippen molar-refractivity contribution in [1.29, 1.82) is 0 Å². The molecule has 0 aromatic carbocycles. The van der Waals surface area contributed by atoms with Crippen molar-refractivity contribution >= 4 is 18.9 Å². The zero-order valence-corrected chi connectivity index (χ0v) is 14.8. The van der Waals surface area contributed by atoms with Gasteiger partial charge < -0.3 is 13.8 Å². The minimum absolute atomic E-state index is 0.0904. The Morgan fingerprint density at radius 2 is 1.71 bits per heavy atom. The lowest BCUT2D eigenvalue weighted by Gasteiger charge is -2.23. The fourth-order valence-corrected chi connectivity index (χ4v) is 4.05. The third kappa shape index (κ3) is 4.81. The van der Waals surface area contributed by atoms with Crippen molar-refractivity contribution in [2.75, 3.05) is 6.61 Å². The third-order valence-electron chi connectivity index (χ3n) is 2.47.